The lowest BCUT2D eigenvalue weighted by Gasteiger charge is -2.05. The van der Waals surface area contributed by atoms with Gasteiger partial charge in [0, 0.05) is 19.7 Å². The van der Waals surface area contributed by atoms with Crippen molar-refractivity contribution < 1.29 is 19.2 Å². The molecule has 0 aliphatic carbocycles. The summed E-state index contributed by atoms with van der Waals surface area (Å²) in [5, 5.41) is 15.3. The monoisotopic (exact) mass is 276 g/mol. The molecule has 0 aliphatic heterocycles. The summed E-state index contributed by atoms with van der Waals surface area (Å²) < 4.78 is 10.00. The molecule has 2 N–H and O–H groups in total. The molecule has 0 unspecified atom stereocenters. The topological polar surface area (TPSA) is 84.6 Å². The summed E-state index contributed by atoms with van der Waals surface area (Å²) >= 11 is 0. The molecule has 2 rings (SSSR count). The predicted molar refractivity (Wildman–Crippen MR) is 71.2 cm³/mol. The fourth-order valence-electron chi connectivity index (χ4n) is 1.82. The van der Waals surface area contributed by atoms with E-state index in [0.29, 0.717) is 25.5 Å². The van der Waals surface area contributed by atoms with Crippen LogP contribution in [0.1, 0.15) is 27.4 Å². The SMILES string of the molecule is COCc1cccc(CNCc2cc(C(=O)O)no2)c1. The van der Waals surface area contributed by atoms with E-state index in [1.807, 2.05) is 18.2 Å². The third kappa shape index (κ3) is 3.91. The largest absolute Gasteiger partial charge is 0.476 e. The van der Waals surface area contributed by atoms with Crippen molar-refractivity contribution in [2.45, 2.75) is 19.7 Å². The Morgan fingerprint density at radius 1 is 1.35 bits per heavy atom. The molecule has 20 heavy (non-hydrogen) atoms. The van der Waals surface area contributed by atoms with E-state index in [1.165, 1.54) is 6.07 Å². The minimum atomic E-state index is -1.09. The maximum absolute atomic E-state index is 10.7. The number of ether oxygens (including phenoxy) is 1. The van der Waals surface area contributed by atoms with Crippen LogP contribution < -0.4 is 5.32 Å². The molecule has 1 aromatic carbocycles. The van der Waals surface area contributed by atoms with Crippen molar-refractivity contribution in [2.75, 3.05) is 7.11 Å². The molecular weight excluding hydrogens is 260 g/mol. The van der Waals surface area contributed by atoms with E-state index < -0.39 is 5.97 Å². The molecule has 1 aromatic heterocycles. The third-order valence-electron chi connectivity index (χ3n) is 2.71. The standard InChI is InChI=1S/C14H16N2O4/c1-19-9-11-4-2-3-10(5-11)7-15-8-12-6-13(14(17)18)16-20-12/h2-6,15H,7-9H2,1H3,(H,17,18). The number of nitrogens with zero attached hydrogens (tertiary/aromatic N) is 1. The van der Waals surface area contributed by atoms with Crippen molar-refractivity contribution in [3.8, 4) is 0 Å². The Kier molecular flexibility index (Phi) is 4.86. The van der Waals surface area contributed by atoms with E-state index >= 15 is 0 Å². The number of carboxylic acid groups (broad SMARTS) is 1. The molecule has 0 saturated heterocycles. The number of carbonyl (C=O) groups is 1. The highest BCUT2D eigenvalue weighted by atomic mass is 16.5. The van der Waals surface area contributed by atoms with Crippen LogP contribution in [0, 0.1) is 0 Å². The zero-order valence-corrected chi connectivity index (χ0v) is 11.1. The predicted octanol–water partition coefficient (Wildman–Crippen LogP) is 1.81. The second-order valence-corrected chi connectivity index (χ2v) is 4.34. The van der Waals surface area contributed by atoms with Gasteiger partial charge in [0.15, 0.2) is 11.5 Å². The Morgan fingerprint density at radius 2 is 2.15 bits per heavy atom. The van der Waals surface area contributed by atoms with Gasteiger partial charge in [-0.15, -0.1) is 0 Å². The lowest BCUT2D eigenvalue weighted by molar-refractivity contribution is 0.0685. The summed E-state index contributed by atoms with van der Waals surface area (Å²) in [5.41, 5.74) is 2.15. The molecule has 0 atom stereocenters. The van der Waals surface area contributed by atoms with Crippen LogP contribution in [-0.4, -0.2) is 23.3 Å². The number of hydrogen-bond donors (Lipinski definition) is 2. The Morgan fingerprint density at radius 3 is 2.85 bits per heavy atom. The first-order valence-corrected chi connectivity index (χ1v) is 6.15. The van der Waals surface area contributed by atoms with Crippen molar-refractivity contribution in [1.82, 2.24) is 10.5 Å². The number of methoxy groups -OCH3 is 1. The molecule has 0 aliphatic rings. The van der Waals surface area contributed by atoms with Gasteiger partial charge in [0.25, 0.3) is 0 Å². The number of aromatic carboxylic acids is 1. The molecule has 106 valence electrons. The van der Waals surface area contributed by atoms with E-state index in [1.54, 1.807) is 7.11 Å². The highest BCUT2D eigenvalue weighted by Crippen LogP contribution is 2.07. The lowest BCUT2D eigenvalue weighted by Crippen LogP contribution is -2.12. The van der Waals surface area contributed by atoms with Gasteiger partial charge in [-0.25, -0.2) is 4.79 Å². The zero-order chi connectivity index (χ0) is 14.4. The number of hydrogen-bond acceptors (Lipinski definition) is 5. The number of benzene rings is 1. The highest BCUT2D eigenvalue weighted by molar-refractivity contribution is 5.85. The zero-order valence-electron chi connectivity index (χ0n) is 11.1. The summed E-state index contributed by atoms with van der Waals surface area (Å²) in [6.45, 7) is 1.66. The number of rotatable bonds is 7. The van der Waals surface area contributed by atoms with Crippen LogP contribution in [0.2, 0.25) is 0 Å². The second kappa shape index (κ2) is 6.83. The molecule has 0 spiro atoms. The first-order valence-electron chi connectivity index (χ1n) is 6.15. The van der Waals surface area contributed by atoms with Crippen molar-refractivity contribution in [2.24, 2.45) is 0 Å². The van der Waals surface area contributed by atoms with Crippen LogP contribution in [0.4, 0.5) is 0 Å². The fraction of sp³-hybridized carbons (Fsp3) is 0.286. The minimum absolute atomic E-state index is 0.0797. The molecule has 0 bridgehead atoms. The number of nitrogens with one attached hydrogen (secondary N) is 1. The van der Waals surface area contributed by atoms with Crippen molar-refractivity contribution in [3.63, 3.8) is 0 Å². The molecule has 0 fully saturated rings. The van der Waals surface area contributed by atoms with E-state index in [-0.39, 0.29) is 5.69 Å². The van der Waals surface area contributed by atoms with Crippen LogP contribution in [0.25, 0.3) is 0 Å². The number of aromatic nitrogens is 1. The van der Waals surface area contributed by atoms with Crippen LogP contribution in [0.15, 0.2) is 34.9 Å². The molecule has 1 heterocycles. The van der Waals surface area contributed by atoms with Gasteiger partial charge in [-0.2, -0.15) is 0 Å². The van der Waals surface area contributed by atoms with Crippen LogP contribution in [0.3, 0.4) is 0 Å². The summed E-state index contributed by atoms with van der Waals surface area (Å²) in [5.74, 6) is -0.595. The summed E-state index contributed by atoms with van der Waals surface area (Å²) in [4.78, 5) is 10.7. The Labute approximate surface area is 116 Å². The molecule has 2 aromatic rings. The second-order valence-electron chi connectivity index (χ2n) is 4.34. The Balaban J connectivity index is 1.85. The minimum Gasteiger partial charge on any atom is -0.476 e. The first-order chi connectivity index (χ1) is 9.69. The van der Waals surface area contributed by atoms with Gasteiger partial charge >= 0.3 is 5.97 Å². The first kappa shape index (κ1) is 14.2. The van der Waals surface area contributed by atoms with Gasteiger partial charge in [-0.05, 0) is 11.1 Å². The van der Waals surface area contributed by atoms with E-state index in [4.69, 9.17) is 14.4 Å². The van der Waals surface area contributed by atoms with Gasteiger partial charge in [0.05, 0.1) is 13.2 Å². The highest BCUT2D eigenvalue weighted by Gasteiger charge is 2.09. The van der Waals surface area contributed by atoms with E-state index in [9.17, 15) is 4.79 Å². The maximum Gasteiger partial charge on any atom is 0.358 e. The van der Waals surface area contributed by atoms with Gasteiger partial charge < -0.3 is 19.7 Å². The quantitative estimate of drug-likeness (QED) is 0.802. The summed E-state index contributed by atoms with van der Waals surface area (Å²) in [6, 6.07) is 9.45. The summed E-state index contributed by atoms with van der Waals surface area (Å²) in [6.07, 6.45) is 0. The van der Waals surface area contributed by atoms with Gasteiger partial charge in [0.2, 0.25) is 0 Å². The van der Waals surface area contributed by atoms with E-state index in [2.05, 4.69) is 16.5 Å². The summed E-state index contributed by atoms with van der Waals surface area (Å²) in [7, 11) is 1.66. The van der Waals surface area contributed by atoms with Crippen molar-refractivity contribution in [3.05, 3.63) is 52.9 Å². The average Bonchev–Trinajstić information content (AvgIpc) is 2.89. The van der Waals surface area contributed by atoms with E-state index in [0.717, 1.165) is 11.1 Å². The number of carboxylic acids is 1. The Bertz CT molecular complexity index is 580. The van der Waals surface area contributed by atoms with Crippen LogP contribution in [0.5, 0.6) is 0 Å². The normalized spacial score (nSPS) is 10.7. The Hall–Kier alpha value is -2.18. The fourth-order valence-corrected chi connectivity index (χ4v) is 1.82. The van der Waals surface area contributed by atoms with Gasteiger partial charge in [-0.1, -0.05) is 29.4 Å². The average molecular weight is 276 g/mol. The molecular formula is C14H16N2O4. The maximum atomic E-state index is 10.7. The molecule has 6 heteroatoms. The van der Waals surface area contributed by atoms with Crippen LogP contribution in [-0.2, 0) is 24.4 Å². The lowest BCUT2D eigenvalue weighted by atomic mass is 10.1. The smallest absolute Gasteiger partial charge is 0.358 e. The molecule has 0 saturated carbocycles. The van der Waals surface area contributed by atoms with Crippen LogP contribution >= 0.6 is 0 Å². The van der Waals surface area contributed by atoms with Gasteiger partial charge in [-0.3, -0.25) is 0 Å². The van der Waals surface area contributed by atoms with Crippen molar-refractivity contribution in [1.29, 1.82) is 0 Å². The van der Waals surface area contributed by atoms with Gasteiger partial charge in [0.1, 0.15) is 0 Å². The third-order valence-corrected chi connectivity index (χ3v) is 2.71. The molecule has 0 radical (unpaired) electrons. The molecule has 6 nitrogen and oxygen atoms in total. The molecule has 0 amide bonds. The van der Waals surface area contributed by atoms with Crippen molar-refractivity contribution >= 4 is 5.97 Å².